The minimum Gasteiger partial charge on any atom is -0.507 e. The lowest BCUT2D eigenvalue weighted by molar-refractivity contribution is 0.111. The summed E-state index contributed by atoms with van der Waals surface area (Å²) in [7, 11) is 0. The molecule has 0 spiro atoms. The van der Waals surface area contributed by atoms with E-state index in [2.05, 4.69) is 24.3 Å². The molecule has 0 saturated heterocycles. The predicted octanol–water partition coefficient (Wildman–Crippen LogP) is 4.14. The van der Waals surface area contributed by atoms with E-state index in [1.54, 1.807) is 19.1 Å². The van der Waals surface area contributed by atoms with Crippen molar-refractivity contribution in [1.82, 2.24) is 15.1 Å². The van der Waals surface area contributed by atoms with Gasteiger partial charge in [0.2, 0.25) is 0 Å². The van der Waals surface area contributed by atoms with E-state index >= 15 is 0 Å². The molecule has 0 saturated carbocycles. The molecule has 2 heterocycles. The van der Waals surface area contributed by atoms with Gasteiger partial charge in [0, 0.05) is 18.8 Å². The Hall–Kier alpha value is -2.60. The normalized spacial score (nSPS) is 13.9. The average Bonchev–Trinajstić information content (AvgIpc) is 3.21. The molecule has 152 valence electrons. The molecule has 0 radical (unpaired) electrons. The molecule has 1 aromatic carbocycles. The van der Waals surface area contributed by atoms with Crippen LogP contribution in [0.3, 0.4) is 0 Å². The molecule has 6 heteroatoms. The Kier molecular flexibility index (Phi) is 7.81. The van der Waals surface area contributed by atoms with Gasteiger partial charge in [0.25, 0.3) is 0 Å². The van der Waals surface area contributed by atoms with Crippen molar-refractivity contribution in [3.05, 3.63) is 46.8 Å². The van der Waals surface area contributed by atoms with E-state index in [0.717, 1.165) is 25.2 Å². The number of aromatic hydroxyl groups is 1. The van der Waals surface area contributed by atoms with Crippen LogP contribution in [0.15, 0.2) is 30.0 Å². The van der Waals surface area contributed by atoms with E-state index in [9.17, 15) is 9.90 Å². The molecule has 2 N–H and O–H groups in total. The van der Waals surface area contributed by atoms with Crippen molar-refractivity contribution in [3.8, 4) is 11.5 Å². The minimum atomic E-state index is -0.0186. The lowest BCUT2D eigenvalue weighted by atomic mass is 9.99. The molecule has 0 unspecified atom stereocenters. The van der Waals surface area contributed by atoms with Crippen molar-refractivity contribution < 1.29 is 14.6 Å². The van der Waals surface area contributed by atoms with Crippen molar-refractivity contribution in [2.75, 3.05) is 19.7 Å². The van der Waals surface area contributed by atoms with Gasteiger partial charge in [-0.2, -0.15) is 5.10 Å². The summed E-state index contributed by atoms with van der Waals surface area (Å²) in [5.74, 6) is 0.390. The Labute approximate surface area is 167 Å². The van der Waals surface area contributed by atoms with Gasteiger partial charge in [-0.25, -0.2) is 0 Å². The first-order valence-corrected chi connectivity index (χ1v) is 9.89. The Balaban J connectivity index is 0.00000136. The van der Waals surface area contributed by atoms with Crippen molar-refractivity contribution in [2.24, 2.45) is 0 Å². The number of benzene rings is 1. The molecule has 0 bridgehead atoms. The molecule has 6 nitrogen and oxygen atoms in total. The van der Waals surface area contributed by atoms with E-state index in [4.69, 9.17) is 4.74 Å². The number of phenolic OH excluding ortho intramolecular Hbond substituents is 1. The first kappa shape index (κ1) is 21.7. The average molecular weight is 386 g/mol. The van der Waals surface area contributed by atoms with Crippen LogP contribution >= 0.6 is 0 Å². The number of hydrogen-bond donors (Lipinski definition) is 2. The maximum absolute atomic E-state index is 11.3. The third-order valence-electron chi connectivity index (χ3n) is 4.70. The molecule has 0 amide bonds. The second-order valence-electron chi connectivity index (χ2n) is 6.81. The molecule has 1 aliphatic rings. The maximum atomic E-state index is 11.3. The van der Waals surface area contributed by atoms with Crippen LogP contribution < -0.4 is 10.1 Å². The lowest BCUT2D eigenvalue weighted by Gasteiger charge is -2.23. The molecule has 0 atom stereocenters. The summed E-state index contributed by atoms with van der Waals surface area (Å²) < 4.78 is 7.94. The number of nitrogens with one attached hydrogen (secondary N) is 1. The van der Waals surface area contributed by atoms with Crippen LogP contribution in [0.1, 0.15) is 61.8 Å². The number of rotatable bonds is 6. The van der Waals surface area contributed by atoms with Crippen molar-refractivity contribution in [3.63, 3.8) is 0 Å². The van der Waals surface area contributed by atoms with Crippen molar-refractivity contribution >= 4 is 11.9 Å². The molecular formula is C22H31N3O3. The zero-order valence-electron chi connectivity index (χ0n) is 17.5. The number of carbonyl (C=O) groups excluding carboxylic acids is 1. The van der Waals surface area contributed by atoms with Crippen molar-refractivity contribution in [1.29, 1.82) is 0 Å². The molecule has 1 aromatic heterocycles. The van der Waals surface area contributed by atoms with E-state index in [1.165, 1.54) is 11.1 Å². The summed E-state index contributed by atoms with van der Waals surface area (Å²) in [6.45, 7) is 12.0. The summed E-state index contributed by atoms with van der Waals surface area (Å²) in [6.07, 6.45) is 3.33. The zero-order valence-corrected chi connectivity index (χ0v) is 17.5. The van der Waals surface area contributed by atoms with Gasteiger partial charge in [-0.05, 0) is 62.6 Å². The fourth-order valence-corrected chi connectivity index (χ4v) is 3.23. The van der Waals surface area contributed by atoms with E-state index < -0.39 is 0 Å². The second-order valence-corrected chi connectivity index (χ2v) is 6.81. The van der Waals surface area contributed by atoms with Gasteiger partial charge < -0.3 is 15.2 Å². The van der Waals surface area contributed by atoms with Gasteiger partial charge in [-0.15, -0.1) is 0 Å². The maximum Gasteiger partial charge on any atom is 0.157 e. The van der Waals surface area contributed by atoms with Crippen LogP contribution in [-0.4, -0.2) is 40.9 Å². The molecule has 0 fully saturated rings. The molecule has 0 aliphatic carbocycles. The third-order valence-corrected chi connectivity index (χ3v) is 4.70. The monoisotopic (exact) mass is 385 g/mol. The lowest BCUT2D eigenvalue weighted by Crippen LogP contribution is -2.27. The smallest absolute Gasteiger partial charge is 0.157 e. The summed E-state index contributed by atoms with van der Waals surface area (Å²) in [5, 5.41) is 17.9. The number of aldehydes is 1. The zero-order chi connectivity index (χ0) is 20.7. The van der Waals surface area contributed by atoms with Gasteiger partial charge in [0.15, 0.2) is 6.29 Å². The molecule has 1 aliphatic heterocycles. The fourth-order valence-electron chi connectivity index (χ4n) is 3.23. The van der Waals surface area contributed by atoms with Crippen LogP contribution in [0.25, 0.3) is 5.57 Å². The largest absolute Gasteiger partial charge is 0.507 e. The SMILES string of the molecule is CC.Cc1ccc(OCC2=C(c3ccnn3C(C)C)CNCC2)c(C=O)c1O. The highest BCUT2D eigenvalue weighted by Crippen LogP contribution is 2.31. The Morgan fingerprint density at radius 2 is 2.07 bits per heavy atom. The Bertz CT molecular complexity index is 838. The Morgan fingerprint density at radius 1 is 1.32 bits per heavy atom. The van der Waals surface area contributed by atoms with Crippen LogP contribution in [0.5, 0.6) is 11.5 Å². The summed E-state index contributed by atoms with van der Waals surface area (Å²) in [4.78, 5) is 11.3. The van der Waals surface area contributed by atoms with Crippen LogP contribution in [0.2, 0.25) is 0 Å². The standard InChI is InChI=1S/C20H25N3O3.C2H6/c1-13(2)23-18(7-9-22-23)16-10-21-8-6-15(16)12-26-19-5-4-14(3)20(25)17(19)11-24;1-2/h4-5,7,9,11,13,21,25H,6,8,10,12H2,1-3H3;1-2H3. The fraction of sp³-hybridized carbons (Fsp3) is 0.455. The van der Waals surface area contributed by atoms with Gasteiger partial charge >= 0.3 is 0 Å². The van der Waals surface area contributed by atoms with Crippen molar-refractivity contribution in [2.45, 2.75) is 47.1 Å². The van der Waals surface area contributed by atoms with E-state index in [1.807, 2.05) is 30.8 Å². The van der Waals surface area contributed by atoms with Crippen LogP contribution in [-0.2, 0) is 0 Å². The number of carbonyl (C=O) groups is 1. The summed E-state index contributed by atoms with van der Waals surface area (Å²) in [6, 6.07) is 5.78. The van der Waals surface area contributed by atoms with Gasteiger partial charge in [0.1, 0.15) is 18.1 Å². The number of nitrogens with zero attached hydrogens (tertiary/aromatic N) is 2. The quantitative estimate of drug-likeness (QED) is 0.731. The van der Waals surface area contributed by atoms with Gasteiger partial charge in [-0.1, -0.05) is 19.9 Å². The number of hydrogen-bond acceptors (Lipinski definition) is 5. The summed E-state index contributed by atoms with van der Waals surface area (Å²) >= 11 is 0. The van der Waals surface area contributed by atoms with E-state index in [0.29, 0.717) is 24.2 Å². The van der Waals surface area contributed by atoms with Crippen LogP contribution in [0.4, 0.5) is 0 Å². The highest BCUT2D eigenvalue weighted by Gasteiger charge is 2.20. The third kappa shape index (κ3) is 4.62. The predicted molar refractivity (Wildman–Crippen MR) is 112 cm³/mol. The highest BCUT2D eigenvalue weighted by atomic mass is 16.5. The summed E-state index contributed by atoms with van der Waals surface area (Å²) in [5.41, 5.74) is 4.32. The first-order chi connectivity index (χ1) is 13.5. The van der Waals surface area contributed by atoms with Crippen LogP contribution in [0, 0.1) is 6.92 Å². The number of ether oxygens (including phenoxy) is 1. The number of aromatic nitrogens is 2. The second kappa shape index (κ2) is 10.1. The molecular weight excluding hydrogens is 354 g/mol. The number of phenols is 1. The molecule has 2 aromatic rings. The molecule has 28 heavy (non-hydrogen) atoms. The van der Waals surface area contributed by atoms with E-state index in [-0.39, 0.29) is 17.4 Å². The van der Waals surface area contributed by atoms with Gasteiger partial charge in [0.05, 0.1) is 11.3 Å². The van der Waals surface area contributed by atoms with Gasteiger partial charge in [-0.3, -0.25) is 9.48 Å². The first-order valence-electron chi connectivity index (χ1n) is 9.89. The molecule has 3 rings (SSSR count). The highest BCUT2D eigenvalue weighted by molar-refractivity contribution is 5.84. The minimum absolute atomic E-state index is 0.0186. The Morgan fingerprint density at radius 3 is 2.75 bits per heavy atom. The number of aryl methyl sites for hydroxylation is 1. The topological polar surface area (TPSA) is 76.4 Å².